The Morgan fingerprint density at radius 2 is 2.13 bits per heavy atom. The van der Waals surface area contributed by atoms with E-state index in [0.717, 1.165) is 18.4 Å². The molecule has 1 rings (SSSR count). The summed E-state index contributed by atoms with van der Waals surface area (Å²) in [5.74, 6) is 0. The molecule has 1 aromatic heterocycles. The van der Waals surface area contributed by atoms with Gasteiger partial charge in [0.05, 0.1) is 0 Å². The van der Waals surface area contributed by atoms with E-state index in [1.807, 2.05) is 11.2 Å². The molecular weight excluding hydrogens is 232 g/mol. The van der Waals surface area contributed by atoms with Crippen LogP contribution in [0, 0.1) is 0 Å². The lowest BCUT2D eigenvalue weighted by molar-refractivity contribution is 0.498. The lowest BCUT2D eigenvalue weighted by Crippen LogP contribution is -2.11. The molecule has 0 radical (unpaired) electrons. The van der Waals surface area contributed by atoms with Crippen LogP contribution in [-0.2, 0) is 16.4 Å². The zero-order chi connectivity index (χ0) is 11.5. The van der Waals surface area contributed by atoms with Crippen molar-refractivity contribution in [1.82, 2.24) is 9.29 Å². The Kier molecular flexibility index (Phi) is 4.12. The first-order chi connectivity index (χ1) is 6.93. The zero-order valence-corrected chi connectivity index (χ0v) is 10.4. The largest absolute Gasteiger partial charge is 0.249 e. The Bertz CT molecular complexity index is 414. The van der Waals surface area contributed by atoms with Crippen LogP contribution >= 0.6 is 12.8 Å². The minimum Gasteiger partial charge on any atom is -0.249 e. The number of sulfone groups is 1. The summed E-state index contributed by atoms with van der Waals surface area (Å²) >= 11 is 4.21. The summed E-state index contributed by atoms with van der Waals surface area (Å²) in [6.45, 7) is 3.46. The van der Waals surface area contributed by atoms with E-state index in [1.54, 1.807) is 12.3 Å². The molecule has 0 saturated heterocycles. The van der Waals surface area contributed by atoms with E-state index in [9.17, 15) is 8.42 Å². The number of rotatable bonds is 4. The van der Waals surface area contributed by atoms with E-state index in [0.29, 0.717) is 6.54 Å². The number of aromatic nitrogens is 1. The van der Waals surface area contributed by atoms with Gasteiger partial charge in [-0.15, -0.1) is 0 Å². The smallest absolute Gasteiger partial charge is 0.192 e. The molecule has 0 bridgehead atoms. The van der Waals surface area contributed by atoms with Gasteiger partial charge in [-0.25, -0.2) is 17.7 Å². The summed E-state index contributed by atoms with van der Waals surface area (Å²) in [5.41, 5.74) is 0.944. The molecule has 0 aliphatic carbocycles. The fraction of sp³-hybridized carbons (Fsp3) is 0.444. The van der Waals surface area contributed by atoms with Crippen molar-refractivity contribution in [1.29, 1.82) is 0 Å². The average Bonchev–Trinajstić information content (AvgIpc) is 2.17. The van der Waals surface area contributed by atoms with Crippen molar-refractivity contribution in [2.24, 2.45) is 0 Å². The Balaban J connectivity index is 2.82. The molecule has 0 N–H and O–H groups in total. The van der Waals surface area contributed by atoms with Crippen molar-refractivity contribution in [2.45, 2.75) is 18.5 Å². The summed E-state index contributed by atoms with van der Waals surface area (Å²) in [4.78, 5) is 3.89. The zero-order valence-electron chi connectivity index (χ0n) is 8.71. The van der Waals surface area contributed by atoms with Gasteiger partial charge in [-0.05, 0) is 11.6 Å². The summed E-state index contributed by atoms with van der Waals surface area (Å²) in [6, 6.07) is 3.27. The molecule has 4 nitrogen and oxygen atoms in total. The van der Waals surface area contributed by atoms with Crippen LogP contribution in [0.15, 0.2) is 23.4 Å². The molecule has 1 heterocycles. The summed E-state index contributed by atoms with van der Waals surface area (Å²) in [7, 11) is -3.20. The molecule has 6 heteroatoms. The van der Waals surface area contributed by atoms with Crippen LogP contribution in [0.25, 0.3) is 0 Å². The van der Waals surface area contributed by atoms with Gasteiger partial charge in [0, 0.05) is 25.5 Å². The minimum atomic E-state index is -3.20. The predicted octanol–water partition coefficient (Wildman–Crippen LogP) is 1.15. The van der Waals surface area contributed by atoms with Crippen LogP contribution in [0.1, 0.15) is 12.5 Å². The fourth-order valence-electron chi connectivity index (χ4n) is 1.05. The highest BCUT2D eigenvalue weighted by Crippen LogP contribution is 2.09. The number of pyridine rings is 1. The van der Waals surface area contributed by atoms with E-state index < -0.39 is 9.84 Å². The molecule has 0 aliphatic heterocycles. The molecule has 0 atom stereocenters. The van der Waals surface area contributed by atoms with Gasteiger partial charge in [0.1, 0.15) is 0 Å². The van der Waals surface area contributed by atoms with Gasteiger partial charge >= 0.3 is 0 Å². The molecule has 0 spiro atoms. The Hall–Kier alpha value is -0.590. The van der Waals surface area contributed by atoms with Crippen molar-refractivity contribution >= 4 is 22.7 Å². The van der Waals surface area contributed by atoms with E-state index in [4.69, 9.17) is 0 Å². The third kappa shape index (κ3) is 3.81. The first-order valence-electron chi connectivity index (χ1n) is 4.52. The normalized spacial score (nSPS) is 12.0. The van der Waals surface area contributed by atoms with Crippen molar-refractivity contribution < 1.29 is 8.42 Å². The first-order valence-corrected chi connectivity index (χ1v) is 6.81. The maximum atomic E-state index is 11.1. The second kappa shape index (κ2) is 4.96. The maximum absolute atomic E-state index is 11.1. The highest BCUT2D eigenvalue weighted by Gasteiger charge is 2.08. The SMILES string of the molecule is CCN(S)Cc1ccc(S(C)(=O)=O)nc1. The minimum absolute atomic E-state index is 0.105. The summed E-state index contributed by atoms with van der Waals surface area (Å²) in [5, 5.41) is 0.105. The van der Waals surface area contributed by atoms with E-state index in [1.165, 1.54) is 6.07 Å². The highest BCUT2D eigenvalue weighted by atomic mass is 32.2. The predicted molar refractivity (Wildman–Crippen MR) is 62.4 cm³/mol. The van der Waals surface area contributed by atoms with Gasteiger partial charge in [0.25, 0.3) is 0 Å². The summed E-state index contributed by atoms with van der Waals surface area (Å²) in [6.07, 6.45) is 2.71. The van der Waals surface area contributed by atoms with Crippen LogP contribution in [0.3, 0.4) is 0 Å². The standard InChI is InChI=1S/C9H14N2O2S2/c1-3-11(14)7-8-4-5-9(10-6-8)15(2,12)13/h4-6,14H,3,7H2,1-2H3. The number of hydrogen-bond acceptors (Lipinski definition) is 5. The third-order valence-electron chi connectivity index (χ3n) is 1.91. The van der Waals surface area contributed by atoms with Crippen molar-refractivity contribution in [3.8, 4) is 0 Å². The van der Waals surface area contributed by atoms with Gasteiger partial charge < -0.3 is 0 Å². The quantitative estimate of drug-likeness (QED) is 0.810. The Morgan fingerprint density at radius 3 is 2.53 bits per heavy atom. The van der Waals surface area contributed by atoms with E-state index in [2.05, 4.69) is 17.8 Å². The molecular formula is C9H14N2O2S2. The van der Waals surface area contributed by atoms with Crippen LogP contribution in [0.4, 0.5) is 0 Å². The number of thiol groups is 1. The molecule has 0 amide bonds. The monoisotopic (exact) mass is 246 g/mol. The van der Waals surface area contributed by atoms with Gasteiger partial charge in [-0.2, -0.15) is 0 Å². The molecule has 0 aromatic carbocycles. The lowest BCUT2D eigenvalue weighted by atomic mass is 10.3. The molecule has 1 aromatic rings. The average molecular weight is 246 g/mol. The van der Waals surface area contributed by atoms with Crippen molar-refractivity contribution in [3.05, 3.63) is 23.9 Å². The fourth-order valence-corrected chi connectivity index (χ4v) is 1.77. The van der Waals surface area contributed by atoms with Gasteiger partial charge in [0.2, 0.25) is 0 Å². The highest BCUT2D eigenvalue weighted by molar-refractivity contribution is 7.90. The molecule has 0 saturated carbocycles. The first kappa shape index (κ1) is 12.5. The second-order valence-corrected chi connectivity index (χ2v) is 5.79. The summed E-state index contributed by atoms with van der Waals surface area (Å²) < 4.78 is 24.1. The van der Waals surface area contributed by atoms with Crippen LogP contribution < -0.4 is 0 Å². The van der Waals surface area contributed by atoms with Crippen molar-refractivity contribution in [2.75, 3.05) is 12.8 Å². The Morgan fingerprint density at radius 1 is 1.47 bits per heavy atom. The second-order valence-electron chi connectivity index (χ2n) is 3.26. The molecule has 84 valence electrons. The topological polar surface area (TPSA) is 50.3 Å². The van der Waals surface area contributed by atoms with Crippen LogP contribution in [-0.4, -0.2) is 30.5 Å². The van der Waals surface area contributed by atoms with Gasteiger partial charge in [-0.1, -0.05) is 25.8 Å². The Labute approximate surface area is 95.8 Å². The third-order valence-corrected chi connectivity index (χ3v) is 3.33. The van der Waals surface area contributed by atoms with Gasteiger partial charge in [0.15, 0.2) is 14.9 Å². The van der Waals surface area contributed by atoms with E-state index >= 15 is 0 Å². The van der Waals surface area contributed by atoms with Crippen LogP contribution in [0.2, 0.25) is 0 Å². The van der Waals surface area contributed by atoms with Crippen LogP contribution in [0.5, 0.6) is 0 Å². The molecule has 0 fully saturated rings. The molecule has 0 aliphatic rings. The van der Waals surface area contributed by atoms with Gasteiger partial charge in [-0.3, -0.25) is 0 Å². The lowest BCUT2D eigenvalue weighted by Gasteiger charge is -2.11. The number of hydrogen-bond donors (Lipinski definition) is 1. The maximum Gasteiger partial charge on any atom is 0.192 e. The molecule has 0 unspecified atom stereocenters. The van der Waals surface area contributed by atoms with Crippen molar-refractivity contribution in [3.63, 3.8) is 0 Å². The molecule has 15 heavy (non-hydrogen) atoms. The number of nitrogens with zero attached hydrogens (tertiary/aromatic N) is 2. The van der Waals surface area contributed by atoms with E-state index in [-0.39, 0.29) is 5.03 Å².